The maximum absolute atomic E-state index is 9.56. The lowest BCUT2D eigenvalue weighted by atomic mass is 9.98. The number of benzene rings is 2. The van der Waals surface area contributed by atoms with E-state index in [4.69, 9.17) is 15.2 Å². The van der Waals surface area contributed by atoms with Crippen molar-refractivity contribution in [3.8, 4) is 40.0 Å². The summed E-state index contributed by atoms with van der Waals surface area (Å²) in [4.78, 5) is 4.41. The Morgan fingerprint density at radius 3 is 2.48 bits per heavy atom. The molecule has 1 aromatic heterocycles. The zero-order valence-electron chi connectivity index (χ0n) is 15.4. The molecule has 0 atom stereocenters. The molecule has 0 bridgehead atoms. The second kappa shape index (κ2) is 8.24. The summed E-state index contributed by atoms with van der Waals surface area (Å²) in [7, 11) is 1.62. The van der Waals surface area contributed by atoms with Crippen LogP contribution < -0.4 is 15.2 Å². The molecule has 5 heteroatoms. The van der Waals surface area contributed by atoms with E-state index in [1.807, 2.05) is 54.6 Å². The Kier molecular flexibility index (Phi) is 5.58. The van der Waals surface area contributed by atoms with E-state index >= 15 is 0 Å². The van der Waals surface area contributed by atoms with Gasteiger partial charge >= 0.3 is 0 Å². The molecule has 2 N–H and O–H groups in total. The van der Waals surface area contributed by atoms with Crippen molar-refractivity contribution in [2.24, 2.45) is 0 Å². The fourth-order valence-corrected chi connectivity index (χ4v) is 2.79. The number of pyridine rings is 1. The van der Waals surface area contributed by atoms with Gasteiger partial charge in [-0.15, -0.1) is 0 Å². The summed E-state index contributed by atoms with van der Waals surface area (Å²) in [5.74, 6) is 1.74. The van der Waals surface area contributed by atoms with E-state index in [-0.39, 0.29) is 5.82 Å². The quantitative estimate of drug-likeness (QED) is 0.692. The Labute approximate surface area is 159 Å². The van der Waals surface area contributed by atoms with Crippen LogP contribution in [0.25, 0.3) is 22.4 Å². The molecule has 0 saturated carbocycles. The number of nitriles is 1. The topological polar surface area (TPSA) is 81.2 Å². The number of nitrogens with zero attached hydrogens (tertiary/aromatic N) is 2. The summed E-state index contributed by atoms with van der Waals surface area (Å²) in [6.45, 7) is 2.73. The number of anilines is 1. The number of nitrogen functional groups attached to an aromatic ring is 1. The van der Waals surface area contributed by atoms with Gasteiger partial charge in [-0.05, 0) is 42.3 Å². The van der Waals surface area contributed by atoms with Gasteiger partial charge in [-0.3, -0.25) is 0 Å². The lowest BCUT2D eigenvalue weighted by Gasteiger charge is -2.12. The van der Waals surface area contributed by atoms with Gasteiger partial charge in [0.15, 0.2) is 0 Å². The van der Waals surface area contributed by atoms with E-state index in [2.05, 4.69) is 18.0 Å². The Bertz CT molecular complexity index is 976. The molecule has 0 fully saturated rings. The Morgan fingerprint density at radius 2 is 1.81 bits per heavy atom. The summed E-state index contributed by atoms with van der Waals surface area (Å²) < 4.78 is 10.9. The van der Waals surface area contributed by atoms with Crippen LogP contribution in [0.5, 0.6) is 11.5 Å². The lowest BCUT2D eigenvalue weighted by molar-refractivity contribution is 0.317. The molecule has 0 aliphatic carbocycles. The largest absolute Gasteiger partial charge is 0.497 e. The summed E-state index contributed by atoms with van der Waals surface area (Å²) in [5.41, 5.74) is 9.63. The van der Waals surface area contributed by atoms with Crippen molar-refractivity contribution in [1.29, 1.82) is 5.26 Å². The zero-order chi connectivity index (χ0) is 19.2. The van der Waals surface area contributed by atoms with Crippen LogP contribution in [0.2, 0.25) is 0 Å². The van der Waals surface area contributed by atoms with E-state index < -0.39 is 0 Å². The molecule has 3 rings (SSSR count). The van der Waals surface area contributed by atoms with Crippen LogP contribution in [0.15, 0.2) is 54.6 Å². The van der Waals surface area contributed by atoms with Crippen molar-refractivity contribution in [2.45, 2.75) is 13.3 Å². The van der Waals surface area contributed by atoms with Crippen molar-refractivity contribution in [1.82, 2.24) is 4.98 Å². The van der Waals surface area contributed by atoms with Crippen LogP contribution in [0.1, 0.15) is 18.9 Å². The minimum absolute atomic E-state index is 0.208. The normalized spacial score (nSPS) is 10.3. The average Bonchev–Trinajstić information content (AvgIpc) is 2.72. The van der Waals surface area contributed by atoms with Crippen LogP contribution >= 0.6 is 0 Å². The molecule has 5 nitrogen and oxygen atoms in total. The van der Waals surface area contributed by atoms with Crippen molar-refractivity contribution >= 4 is 5.82 Å². The van der Waals surface area contributed by atoms with Gasteiger partial charge in [-0.1, -0.05) is 31.2 Å². The molecule has 3 aromatic rings. The molecule has 0 saturated heterocycles. The van der Waals surface area contributed by atoms with Gasteiger partial charge in [-0.2, -0.15) is 5.26 Å². The third-order valence-electron chi connectivity index (χ3n) is 4.16. The van der Waals surface area contributed by atoms with Crippen LogP contribution in [0.4, 0.5) is 5.82 Å². The first-order valence-corrected chi connectivity index (χ1v) is 8.74. The van der Waals surface area contributed by atoms with Crippen molar-refractivity contribution in [3.05, 3.63) is 60.2 Å². The number of hydrogen-bond donors (Lipinski definition) is 1. The second-order valence-electron chi connectivity index (χ2n) is 6.03. The van der Waals surface area contributed by atoms with Crippen molar-refractivity contribution in [3.63, 3.8) is 0 Å². The van der Waals surface area contributed by atoms with Crippen LogP contribution in [0.3, 0.4) is 0 Å². The Hall–Kier alpha value is -3.52. The van der Waals surface area contributed by atoms with Gasteiger partial charge in [-0.25, -0.2) is 4.98 Å². The maximum Gasteiger partial charge on any atom is 0.142 e. The average molecular weight is 359 g/mol. The number of nitrogens with two attached hydrogens (primary N) is 1. The minimum Gasteiger partial charge on any atom is -0.497 e. The highest BCUT2D eigenvalue weighted by molar-refractivity contribution is 5.80. The SMILES string of the molecule is CCCOc1ccc(-c2cc(-c3cccc(OC)c3)nc(N)c2C#N)cc1. The molecule has 0 aliphatic heterocycles. The lowest BCUT2D eigenvalue weighted by Crippen LogP contribution is -2.00. The third kappa shape index (κ3) is 4.01. The first kappa shape index (κ1) is 18.3. The molecule has 0 radical (unpaired) electrons. The zero-order valence-corrected chi connectivity index (χ0v) is 15.4. The molecule has 136 valence electrons. The van der Waals surface area contributed by atoms with Gasteiger partial charge in [0.2, 0.25) is 0 Å². The summed E-state index contributed by atoms with van der Waals surface area (Å²) in [5, 5.41) is 9.56. The maximum atomic E-state index is 9.56. The summed E-state index contributed by atoms with van der Waals surface area (Å²) in [6, 6.07) is 19.3. The Balaban J connectivity index is 2.06. The third-order valence-corrected chi connectivity index (χ3v) is 4.16. The monoisotopic (exact) mass is 359 g/mol. The van der Waals surface area contributed by atoms with E-state index in [9.17, 15) is 5.26 Å². The number of ether oxygens (including phenoxy) is 2. The first-order valence-electron chi connectivity index (χ1n) is 8.74. The number of rotatable bonds is 6. The van der Waals surface area contributed by atoms with E-state index in [0.29, 0.717) is 17.9 Å². The highest BCUT2D eigenvalue weighted by atomic mass is 16.5. The highest BCUT2D eigenvalue weighted by Crippen LogP contribution is 2.33. The summed E-state index contributed by atoms with van der Waals surface area (Å²) >= 11 is 0. The van der Waals surface area contributed by atoms with Crippen molar-refractivity contribution < 1.29 is 9.47 Å². The van der Waals surface area contributed by atoms with E-state index in [1.54, 1.807) is 7.11 Å². The molecule has 0 amide bonds. The predicted molar refractivity (Wildman–Crippen MR) is 107 cm³/mol. The number of methoxy groups -OCH3 is 1. The molecule has 0 aliphatic rings. The first-order chi connectivity index (χ1) is 13.2. The minimum atomic E-state index is 0.208. The fraction of sp³-hybridized carbons (Fsp3) is 0.182. The van der Waals surface area contributed by atoms with E-state index in [1.165, 1.54) is 0 Å². The van der Waals surface area contributed by atoms with E-state index in [0.717, 1.165) is 34.6 Å². The molecule has 1 heterocycles. The summed E-state index contributed by atoms with van der Waals surface area (Å²) in [6.07, 6.45) is 0.950. The van der Waals surface area contributed by atoms with Gasteiger partial charge in [0, 0.05) is 11.1 Å². The van der Waals surface area contributed by atoms with Gasteiger partial charge in [0.1, 0.15) is 28.9 Å². The molecule has 27 heavy (non-hydrogen) atoms. The molecular weight excluding hydrogens is 338 g/mol. The highest BCUT2D eigenvalue weighted by Gasteiger charge is 2.14. The fourth-order valence-electron chi connectivity index (χ4n) is 2.79. The number of hydrogen-bond acceptors (Lipinski definition) is 5. The van der Waals surface area contributed by atoms with Gasteiger partial charge in [0.05, 0.1) is 19.4 Å². The smallest absolute Gasteiger partial charge is 0.142 e. The van der Waals surface area contributed by atoms with Crippen molar-refractivity contribution in [2.75, 3.05) is 19.5 Å². The molecule has 0 spiro atoms. The van der Waals surface area contributed by atoms with Crippen LogP contribution in [0, 0.1) is 11.3 Å². The molecule has 2 aromatic carbocycles. The predicted octanol–water partition coefficient (Wildman–Crippen LogP) is 4.67. The standard InChI is InChI=1S/C22H21N3O2/c1-3-11-27-17-9-7-15(8-10-17)19-13-21(25-22(24)20(19)14-23)16-5-4-6-18(12-16)26-2/h4-10,12-13H,3,11H2,1-2H3,(H2,24,25). The second-order valence-corrected chi connectivity index (χ2v) is 6.03. The van der Waals surface area contributed by atoms with Gasteiger partial charge < -0.3 is 15.2 Å². The number of aromatic nitrogens is 1. The van der Waals surface area contributed by atoms with Crippen LogP contribution in [-0.4, -0.2) is 18.7 Å². The Morgan fingerprint density at radius 1 is 1.04 bits per heavy atom. The molecule has 0 unspecified atom stereocenters. The molecular formula is C22H21N3O2. The van der Waals surface area contributed by atoms with Crippen LogP contribution in [-0.2, 0) is 0 Å². The van der Waals surface area contributed by atoms with Gasteiger partial charge in [0.25, 0.3) is 0 Å².